The number of hydrogen-bond donors (Lipinski definition) is 0. The van der Waals surface area contributed by atoms with Crippen molar-refractivity contribution < 1.29 is 0 Å². The zero-order valence-electron chi connectivity index (χ0n) is 14.4. The summed E-state index contributed by atoms with van der Waals surface area (Å²) in [4.78, 5) is 0. The average Bonchev–Trinajstić information content (AvgIpc) is 2.81. The summed E-state index contributed by atoms with van der Waals surface area (Å²) in [6.45, 7) is 14.2. The first-order valence-corrected chi connectivity index (χ1v) is 12.6. The molecule has 2 rings (SSSR count). The third kappa shape index (κ3) is 3.58. The van der Waals surface area contributed by atoms with Crippen LogP contribution in [0.4, 0.5) is 0 Å². The third-order valence-electron chi connectivity index (χ3n) is 4.81. The van der Waals surface area contributed by atoms with Crippen molar-refractivity contribution in [2.45, 2.75) is 51.9 Å². The molecule has 0 aromatic heterocycles. The van der Waals surface area contributed by atoms with Gasteiger partial charge in [-0.25, -0.2) is 0 Å². The molecule has 0 N–H and O–H groups in total. The van der Waals surface area contributed by atoms with Crippen LogP contribution in [-0.4, -0.2) is 14.2 Å². The Labute approximate surface area is 133 Å². The van der Waals surface area contributed by atoms with Gasteiger partial charge in [-0.2, -0.15) is 0 Å². The van der Waals surface area contributed by atoms with Gasteiger partial charge < -0.3 is 0 Å². The molecule has 21 heavy (non-hydrogen) atoms. The van der Waals surface area contributed by atoms with Crippen LogP contribution < -0.4 is 5.30 Å². The molecule has 0 fully saturated rings. The van der Waals surface area contributed by atoms with Crippen molar-refractivity contribution >= 4 is 22.0 Å². The van der Waals surface area contributed by atoms with E-state index >= 15 is 0 Å². The Balaban J connectivity index is 2.08. The summed E-state index contributed by atoms with van der Waals surface area (Å²) in [7, 11) is -0.278. The summed E-state index contributed by atoms with van der Waals surface area (Å²) in [6, 6.07) is 4.66. The van der Waals surface area contributed by atoms with Gasteiger partial charge in [-0.15, -0.1) is 0 Å². The maximum Gasteiger partial charge on any atom is 0.0597 e. The minimum atomic E-state index is -1.22. The van der Waals surface area contributed by atoms with Crippen LogP contribution >= 0.6 is 8.58 Å². The van der Waals surface area contributed by atoms with Crippen LogP contribution in [0.1, 0.15) is 23.1 Å². The van der Waals surface area contributed by atoms with E-state index in [0.717, 1.165) is 8.58 Å². The molecule has 0 aliphatic heterocycles. The number of aryl methyl sites for hydroxylation is 3. The van der Waals surface area contributed by atoms with Crippen molar-refractivity contribution in [1.29, 1.82) is 0 Å². The summed E-state index contributed by atoms with van der Waals surface area (Å²) >= 11 is 0. The van der Waals surface area contributed by atoms with Gasteiger partial charge in [0.2, 0.25) is 0 Å². The Morgan fingerprint density at radius 3 is 1.95 bits per heavy atom. The Morgan fingerprint density at radius 1 is 0.952 bits per heavy atom. The van der Waals surface area contributed by atoms with Crippen LogP contribution in [0.3, 0.4) is 0 Å². The fourth-order valence-electron chi connectivity index (χ4n) is 3.40. The first-order chi connectivity index (χ1) is 9.75. The Hall–Kier alpha value is -0.653. The van der Waals surface area contributed by atoms with Crippen molar-refractivity contribution in [3.8, 4) is 0 Å². The summed E-state index contributed by atoms with van der Waals surface area (Å²) in [6.07, 6.45) is 12.1. The largest absolute Gasteiger partial charge is 0.0898 e. The van der Waals surface area contributed by atoms with E-state index in [1.165, 1.54) is 29.3 Å². The van der Waals surface area contributed by atoms with Gasteiger partial charge in [0.25, 0.3) is 0 Å². The fourth-order valence-corrected chi connectivity index (χ4v) is 7.21. The number of hydrogen-bond acceptors (Lipinski definition) is 0. The summed E-state index contributed by atoms with van der Waals surface area (Å²) in [5, 5.41) is 1.98. The molecule has 0 radical (unpaired) electrons. The van der Waals surface area contributed by atoms with Crippen molar-refractivity contribution in [1.82, 2.24) is 0 Å². The summed E-state index contributed by atoms with van der Waals surface area (Å²) in [5.41, 5.74) is 4.34. The van der Waals surface area contributed by atoms with E-state index in [0.29, 0.717) is 5.04 Å². The predicted octanol–water partition coefficient (Wildman–Crippen LogP) is 5.51. The number of allylic oxidation sites excluding steroid dienone is 4. The molecule has 0 nitrogen and oxygen atoms in total. The van der Waals surface area contributed by atoms with Crippen molar-refractivity contribution in [3.63, 3.8) is 0 Å². The minimum absolute atomic E-state index is 0.381. The highest BCUT2D eigenvalue weighted by Gasteiger charge is 2.39. The molecule has 0 spiro atoms. The highest BCUT2D eigenvalue weighted by Crippen LogP contribution is 2.48. The van der Waals surface area contributed by atoms with Crippen LogP contribution in [0, 0.1) is 20.8 Å². The van der Waals surface area contributed by atoms with E-state index < -0.39 is 8.07 Å². The quantitative estimate of drug-likeness (QED) is 0.496. The summed E-state index contributed by atoms with van der Waals surface area (Å²) < 4.78 is 0. The Morgan fingerprint density at radius 2 is 1.48 bits per heavy atom. The molecule has 1 atom stereocenters. The molecular weight excluding hydrogens is 287 g/mol. The van der Waals surface area contributed by atoms with Gasteiger partial charge in [-0.1, -0.05) is 70.2 Å². The molecule has 0 heterocycles. The van der Waals surface area contributed by atoms with Crippen LogP contribution in [-0.2, 0) is 0 Å². The molecule has 1 aliphatic rings. The second-order valence-electron chi connectivity index (χ2n) is 7.46. The second kappa shape index (κ2) is 6.22. The van der Waals surface area contributed by atoms with Gasteiger partial charge in [0.05, 0.1) is 8.07 Å². The monoisotopic (exact) mass is 316 g/mol. The van der Waals surface area contributed by atoms with Crippen molar-refractivity contribution in [2.75, 3.05) is 6.16 Å². The van der Waals surface area contributed by atoms with E-state index in [1.54, 1.807) is 5.30 Å². The van der Waals surface area contributed by atoms with E-state index in [2.05, 4.69) is 76.8 Å². The zero-order chi connectivity index (χ0) is 15.7. The van der Waals surface area contributed by atoms with Crippen LogP contribution in [0.15, 0.2) is 36.4 Å². The molecule has 1 aromatic rings. The van der Waals surface area contributed by atoms with Gasteiger partial charge in [0.1, 0.15) is 0 Å². The maximum atomic E-state index is 2.50. The molecule has 0 amide bonds. The van der Waals surface area contributed by atoms with Crippen molar-refractivity contribution in [2.24, 2.45) is 0 Å². The molecular formula is C19H29PSi. The molecule has 0 saturated carbocycles. The lowest BCUT2D eigenvalue weighted by molar-refractivity contribution is 0.778. The zero-order valence-corrected chi connectivity index (χ0v) is 16.4. The lowest BCUT2D eigenvalue weighted by Crippen LogP contribution is -2.36. The summed E-state index contributed by atoms with van der Waals surface area (Å²) in [5.74, 6) is 0. The Bertz CT molecular complexity index is 541. The highest BCUT2D eigenvalue weighted by molar-refractivity contribution is 7.47. The molecule has 114 valence electrons. The fraction of sp³-hybridized carbons (Fsp3) is 0.474. The molecule has 0 bridgehead atoms. The normalized spacial score (nSPS) is 17.2. The molecule has 1 aliphatic carbocycles. The minimum Gasteiger partial charge on any atom is -0.0898 e. The van der Waals surface area contributed by atoms with E-state index in [4.69, 9.17) is 0 Å². The lowest BCUT2D eigenvalue weighted by atomic mass is 10.1. The number of rotatable bonds is 5. The van der Waals surface area contributed by atoms with Gasteiger partial charge in [0.15, 0.2) is 0 Å². The molecule has 1 aromatic carbocycles. The average molecular weight is 317 g/mol. The van der Waals surface area contributed by atoms with Crippen LogP contribution in [0.2, 0.25) is 24.7 Å². The second-order valence-corrected chi connectivity index (χ2v) is 14.2. The SMILES string of the molecule is Cc1cc(C)c(PCCC2([Si](C)(C)C)C=CC=C2)c(C)c1. The number of benzene rings is 1. The maximum absolute atomic E-state index is 2.50. The lowest BCUT2D eigenvalue weighted by Gasteiger charge is -2.38. The van der Waals surface area contributed by atoms with E-state index in [1.807, 2.05) is 0 Å². The Kier molecular flexibility index (Phi) is 4.95. The predicted molar refractivity (Wildman–Crippen MR) is 102 cm³/mol. The highest BCUT2D eigenvalue weighted by atomic mass is 31.1. The molecule has 2 heteroatoms. The van der Waals surface area contributed by atoms with Gasteiger partial charge >= 0.3 is 0 Å². The van der Waals surface area contributed by atoms with E-state index in [-0.39, 0.29) is 0 Å². The van der Waals surface area contributed by atoms with Crippen molar-refractivity contribution in [3.05, 3.63) is 53.1 Å². The first kappa shape index (κ1) is 16.7. The van der Waals surface area contributed by atoms with Crippen LogP contribution in [0.25, 0.3) is 0 Å². The standard InChI is InChI=1S/C19H29PSi/c1-15-13-16(2)18(17(3)14-15)20-12-11-19(21(4,5)6)9-7-8-10-19/h7-10,13-14,20H,11-12H2,1-6H3. The smallest absolute Gasteiger partial charge is 0.0597 e. The molecule has 0 saturated heterocycles. The van der Waals surface area contributed by atoms with Crippen LogP contribution in [0.5, 0.6) is 0 Å². The van der Waals surface area contributed by atoms with E-state index in [9.17, 15) is 0 Å². The van der Waals surface area contributed by atoms with Gasteiger partial charge in [-0.05, 0) is 49.8 Å². The van der Waals surface area contributed by atoms with Gasteiger partial charge in [0, 0.05) is 5.04 Å². The first-order valence-electron chi connectivity index (χ1n) is 7.94. The molecule has 1 unspecified atom stereocenters. The third-order valence-corrected chi connectivity index (χ3v) is 9.83. The topological polar surface area (TPSA) is 0 Å². The van der Waals surface area contributed by atoms with Gasteiger partial charge in [-0.3, -0.25) is 0 Å².